The molecule has 74 heavy (non-hydrogen) atoms. The Morgan fingerprint density at radius 3 is 1.69 bits per heavy atom. The van der Waals surface area contributed by atoms with Crippen LogP contribution >= 0.6 is 0 Å². The van der Waals surface area contributed by atoms with Gasteiger partial charge in [0.25, 0.3) is 6.33 Å². The predicted octanol–water partition coefficient (Wildman–Crippen LogP) is 17.3. The van der Waals surface area contributed by atoms with E-state index in [0.717, 1.165) is 55.3 Å². The number of fused-ring (bicyclic) bond motifs is 4. The first-order valence-corrected chi connectivity index (χ1v) is 25.8. The molecular formula is C68H70N4OPt-2. The molecule has 0 aliphatic carbocycles. The summed E-state index contributed by atoms with van der Waals surface area (Å²) in [5.74, 6) is 1.44. The summed E-state index contributed by atoms with van der Waals surface area (Å²) in [6.45, 7) is 31.4. The summed E-state index contributed by atoms with van der Waals surface area (Å²) in [6, 6.07) is 58.7. The maximum atomic E-state index is 8.88. The summed E-state index contributed by atoms with van der Waals surface area (Å²) in [5.41, 5.74) is 15.6. The molecule has 0 N–H and O–H groups in total. The van der Waals surface area contributed by atoms with Crippen LogP contribution in [0.2, 0.25) is 0 Å². The van der Waals surface area contributed by atoms with Gasteiger partial charge in [-0.3, -0.25) is 4.57 Å². The van der Waals surface area contributed by atoms with Crippen LogP contribution in [-0.4, -0.2) is 14.1 Å². The van der Waals surface area contributed by atoms with Crippen LogP contribution in [0, 0.1) is 24.4 Å². The van der Waals surface area contributed by atoms with E-state index in [1.165, 1.54) is 33.4 Å². The molecule has 3 aromatic heterocycles. The molecule has 0 spiro atoms. The Labute approximate surface area is 457 Å². The van der Waals surface area contributed by atoms with Crippen molar-refractivity contribution in [1.82, 2.24) is 14.1 Å². The Morgan fingerprint density at radius 2 is 1.11 bits per heavy atom. The molecule has 7 aromatic carbocycles. The molecule has 6 heteroatoms. The number of hydrogen-bond donors (Lipinski definition) is 0. The molecule has 0 fully saturated rings. The standard InChI is InChI=1S/C68H70N4O.Pt/c1-44(2)33-45-31-32-69-63(34-45)72-59-26-16-15-23-57(59)58-30-29-54(42-62(58)72)73-53-22-19-21-52(41-53)70-43-71(61-28-18-17-27-60(61)70)64-55(46-35-48(65(3,4)5)39-49(36-46)66(6,7)8)24-20-25-56(64)47-37-50(67(9,10)11)40-51(38-47)68(12,13)14;/h15-32,34-40,44H,33H2,1-14H3;/q-2;/i33D2;. The summed E-state index contributed by atoms with van der Waals surface area (Å²) >= 11 is 0. The summed E-state index contributed by atoms with van der Waals surface area (Å²) in [5, 5.41) is 2.04. The molecule has 0 radical (unpaired) electrons. The zero-order valence-corrected chi connectivity index (χ0v) is 47.8. The van der Waals surface area contributed by atoms with Crippen molar-refractivity contribution < 1.29 is 33.1 Å². The largest absolute Gasteiger partial charge is 0.510 e. The second kappa shape index (κ2) is 19.6. The average molecular weight is 1160 g/mol. The number of aromatic nitrogens is 4. The van der Waals surface area contributed by atoms with Gasteiger partial charge in [-0.05, 0) is 113 Å². The number of hydrogen-bond acceptors (Lipinski definition) is 2. The number of pyridine rings is 1. The minimum atomic E-state index is -1.54. The summed E-state index contributed by atoms with van der Waals surface area (Å²) in [6.07, 6.45) is 4.06. The molecule has 0 atom stereocenters. The van der Waals surface area contributed by atoms with Crippen molar-refractivity contribution in [1.29, 1.82) is 0 Å². The molecular weight excluding hydrogens is 1080 g/mol. The van der Waals surface area contributed by atoms with E-state index in [1.54, 1.807) is 12.3 Å². The van der Waals surface area contributed by atoms with Gasteiger partial charge >= 0.3 is 0 Å². The number of rotatable bonds is 9. The number of nitrogens with zero attached hydrogens (tertiary/aromatic N) is 4. The fraction of sp³-hybridized carbons (Fsp3) is 0.294. The Balaban J connectivity index is 0.00000706. The number of imidazole rings is 1. The summed E-state index contributed by atoms with van der Waals surface area (Å²) < 4.78 is 30.9. The first-order valence-electron chi connectivity index (χ1n) is 26.8. The van der Waals surface area contributed by atoms with Crippen LogP contribution in [0.15, 0.2) is 152 Å². The molecule has 0 amide bonds. The minimum Gasteiger partial charge on any atom is -0.510 e. The van der Waals surface area contributed by atoms with Gasteiger partial charge in [0.1, 0.15) is 5.82 Å². The normalized spacial score (nSPS) is 13.1. The molecule has 380 valence electrons. The molecule has 0 saturated carbocycles. The maximum Gasteiger partial charge on any atom is 0.268 e. The van der Waals surface area contributed by atoms with Gasteiger partial charge in [0.2, 0.25) is 0 Å². The first-order chi connectivity index (χ1) is 35.3. The molecule has 0 unspecified atom stereocenters. The van der Waals surface area contributed by atoms with Crippen molar-refractivity contribution in [2.75, 3.05) is 0 Å². The topological polar surface area (TPSA) is 35.9 Å². The van der Waals surface area contributed by atoms with Crippen LogP contribution in [0.1, 0.15) is 127 Å². The first kappa shape index (κ1) is 49.6. The molecule has 0 aliphatic rings. The predicted molar refractivity (Wildman–Crippen MR) is 304 cm³/mol. The second-order valence-corrected chi connectivity index (χ2v) is 24.2. The van der Waals surface area contributed by atoms with Gasteiger partial charge in [-0.1, -0.05) is 200 Å². The van der Waals surface area contributed by atoms with Crippen molar-refractivity contribution in [3.8, 4) is 50.9 Å². The van der Waals surface area contributed by atoms with Gasteiger partial charge in [-0.15, -0.1) is 29.7 Å². The molecule has 0 bridgehead atoms. The van der Waals surface area contributed by atoms with E-state index in [2.05, 4.69) is 218 Å². The SMILES string of the molecule is [2H]C([2H])(c1ccnc(-n2c3[c-]c(Oc4[c-]c(-n5[c-][n+](-c6c(-c7cc(C(C)(C)C)cc(C(C)(C)C)c7)cccc6-c6cc(C(C)(C)C)cc(C(C)(C)C)c6)c6ccccc65)ccc4)ccc3c3ccccc32)c1)C(C)C.[Pt]. The van der Waals surface area contributed by atoms with Crippen LogP contribution in [0.5, 0.6) is 11.5 Å². The molecule has 10 aromatic rings. The summed E-state index contributed by atoms with van der Waals surface area (Å²) in [7, 11) is 0. The van der Waals surface area contributed by atoms with Gasteiger partial charge in [0.05, 0.1) is 16.7 Å². The van der Waals surface area contributed by atoms with Gasteiger partial charge < -0.3 is 13.9 Å². The Bertz CT molecular complexity index is 3660. The van der Waals surface area contributed by atoms with Gasteiger partial charge in [-0.2, -0.15) is 18.2 Å². The van der Waals surface area contributed by atoms with Crippen molar-refractivity contribution in [2.45, 2.75) is 125 Å². The third-order valence-corrected chi connectivity index (χ3v) is 14.0. The second-order valence-electron chi connectivity index (χ2n) is 24.2. The Morgan fingerprint density at radius 1 is 0.568 bits per heavy atom. The number of para-hydroxylation sites is 4. The van der Waals surface area contributed by atoms with E-state index in [0.29, 0.717) is 22.9 Å². The van der Waals surface area contributed by atoms with Crippen molar-refractivity contribution >= 4 is 32.8 Å². The summed E-state index contributed by atoms with van der Waals surface area (Å²) in [4.78, 5) is 4.78. The van der Waals surface area contributed by atoms with Crippen LogP contribution in [0.25, 0.3) is 72.3 Å². The van der Waals surface area contributed by atoms with E-state index in [-0.39, 0.29) is 48.6 Å². The Kier molecular flexibility index (Phi) is 13.2. The minimum absolute atomic E-state index is 0. The van der Waals surface area contributed by atoms with Gasteiger partial charge in [0, 0.05) is 47.0 Å². The van der Waals surface area contributed by atoms with Crippen molar-refractivity contribution in [3.05, 3.63) is 198 Å². The zero-order valence-electron chi connectivity index (χ0n) is 47.5. The van der Waals surface area contributed by atoms with Crippen LogP contribution in [0.3, 0.4) is 0 Å². The fourth-order valence-electron chi connectivity index (χ4n) is 9.83. The fourth-order valence-corrected chi connectivity index (χ4v) is 9.83. The maximum absolute atomic E-state index is 8.88. The van der Waals surface area contributed by atoms with Gasteiger partial charge in [0.15, 0.2) is 0 Å². The number of benzene rings is 7. The number of ether oxygens (including phenoxy) is 1. The van der Waals surface area contributed by atoms with Gasteiger partial charge in [-0.25, -0.2) is 4.98 Å². The van der Waals surface area contributed by atoms with E-state index in [4.69, 9.17) is 12.5 Å². The van der Waals surface area contributed by atoms with Crippen LogP contribution < -0.4 is 9.30 Å². The third kappa shape index (κ3) is 10.3. The van der Waals surface area contributed by atoms with Crippen LogP contribution in [-0.2, 0) is 49.1 Å². The molecule has 5 nitrogen and oxygen atoms in total. The van der Waals surface area contributed by atoms with E-state index >= 15 is 0 Å². The van der Waals surface area contributed by atoms with E-state index < -0.39 is 6.37 Å². The monoisotopic (exact) mass is 1160 g/mol. The van der Waals surface area contributed by atoms with E-state index in [9.17, 15) is 0 Å². The smallest absolute Gasteiger partial charge is 0.268 e. The average Bonchev–Trinajstić information content (AvgIpc) is 3.91. The van der Waals surface area contributed by atoms with Crippen molar-refractivity contribution in [2.24, 2.45) is 5.92 Å². The van der Waals surface area contributed by atoms with Crippen LogP contribution in [0.4, 0.5) is 0 Å². The third-order valence-electron chi connectivity index (χ3n) is 14.0. The van der Waals surface area contributed by atoms with E-state index in [1.807, 2.05) is 50.2 Å². The quantitative estimate of drug-likeness (QED) is 0.107. The molecule has 0 aliphatic heterocycles. The van der Waals surface area contributed by atoms with Crippen molar-refractivity contribution in [3.63, 3.8) is 0 Å². The Hall–Kier alpha value is -6.55. The molecule has 10 rings (SSSR count). The molecule has 3 heterocycles. The zero-order chi connectivity index (χ0) is 53.6. The molecule has 0 saturated heterocycles.